The predicted octanol–water partition coefficient (Wildman–Crippen LogP) is 8.33. The molecule has 0 bridgehead atoms. The highest BCUT2D eigenvalue weighted by Crippen LogP contribution is 2.52. The average molecular weight is 704 g/mol. The van der Waals surface area contributed by atoms with Crippen LogP contribution in [-0.4, -0.2) is 64.0 Å². The van der Waals surface area contributed by atoms with Crippen molar-refractivity contribution in [2.45, 2.75) is 101 Å². The van der Waals surface area contributed by atoms with Gasteiger partial charge in [-0.2, -0.15) is 13.2 Å². The molecule has 6 rings (SSSR count). The van der Waals surface area contributed by atoms with Crippen molar-refractivity contribution in [2.75, 3.05) is 32.1 Å². The Kier molecular flexibility index (Phi) is 9.68. The number of amides is 1. The number of anilines is 1. The van der Waals surface area contributed by atoms with Crippen LogP contribution in [0.2, 0.25) is 0 Å². The lowest BCUT2D eigenvalue weighted by Gasteiger charge is -2.41. The van der Waals surface area contributed by atoms with Crippen molar-refractivity contribution in [1.82, 2.24) is 19.9 Å². The number of hydrogen-bond donors (Lipinski definition) is 1. The van der Waals surface area contributed by atoms with E-state index in [4.69, 9.17) is 4.98 Å². The Bertz CT molecular complexity index is 1690. The SMILES string of the molecule is CN(C)C(=O)c1cnc(N2CCC(c3nc4c(c(C5CCC(F)(F)CC5)c3[C@@H](F)c3ccc(C(F)(F)F)cc3)[C@@H](O)CC(C)(C)C4)CC2)nc1. The zero-order valence-electron chi connectivity index (χ0n) is 28.7. The minimum Gasteiger partial charge on any atom is -0.388 e. The van der Waals surface area contributed by atoms with Crippen LogP contribution in [0, 0.1) is 5.41 Å². The molecule has 1 saturated carbocycles. The number of benzene rings is 1. The second kappa shape index (κ2) is 13.4. The van der Waals surface area contributed by atoms with Gasteiger partial charge in [-0.1, -0.05) is 26.0 Å². The van der Waals surface area contributed by atoms with Gasteiger partial charge >= 0.3 is 6.18 Å². The maximum Gasteiger partial charge on any atom is 0.416 e. The van der Waals surface area contributed by atoms with E-state index in [1.54, 1.807) is 14.1 Å². The summed E-state index contributed by atoms with van der Waals surface area (Å²) in [5, 5.41) is 11.6. The molecule has 270 valence electrons. The molecule has 1 amide bonds. The van der Waals surface area contributed by atoms with Crippen LogP contribution in [0.3, 0.4) is 0 Å². The fourth-order valence-electron chi connectivity index (χ4n) is 7.92. The zero-order valence-corrected chi connectivity index (χ0v) is 28.7. The highest BCUT2D eigenvalue weighted by atomic mass is 19.4. The molecule has 0 unspecified atom stereocenters. The molecule has 2 fully saturated rings. The van der Waals surface area contributed by atoms with Crippen LogP contribution in [0.4, 0.5) is 32.3 Å². The number of fused-ring (bicyclic) bond motifs is 1. The molecular weight excluding hydrogens is 660 g/mol. The minimum atomic E-state index is -4.60. The summed E-state index contributed by atoms with van der Waals surface area (Å²) in [6.07, 6.45) is -3.17. The summed E-state index contributed by atoms with van der Waals surface area (Å²) in [5.41, 5.74) is 1.43. The molecule has 0 radical (unpaired) electrons. The van der Waals surface area contributed by atoms with Gasteiger partial charge in [0, 0.05) is 75.2 Å². The first-order valence-corrected chi connectivity index (χ1v) is 17.2. The number of carbonyl (C=O) groups is 1. The minimum absolute atomic E-state index is 0.00668. The van der Waals surface area contributed by atoms with Crippen LogP contribution >= 0.6 is 0 Å². The molecule has 3 aromatic rings. The summed E-state index contributed by atoms with van der Waals surface area (Å²) in [6, 6.07) is 3.95. The number of rotatable bonds is 6. The van der Waals surface area contributed by atoms with Crippen LogP contribution in [0.15, 0.2) is 36.7 Å². The Morgan fingerprint density at radius 1 is 0.960 bits per heavy atom. The van der Waals surface area contributed by atoms with Gasteiger partial charge in [0.25, 0.3) is 5.91 Å². The molecule has 3 heterocycles. The van der Waals surface area contributed by atoms with Crippen molar-refractivity contribution in [2.24, 2.45) is 5.41 Å². The van der Waals surface area contributed by atoms with Crippen molar-refractivity contribution >= 4 is 11.9 Å². The van der Waals surface area contributed by atoms with Crippen molar-refractivity contribution in [1.29, 1.82) is 0 Å². The quantitative estimate of drug-likeness (QED) is 0.260. The standard InChI is InChI=1S/C37H43F6N5O2/c1-35(2)17-26-29(27(49)18-35)28(21-9-13-36(39,40)14-10-21)30(31(38)22-5-7-25(8-6-22)37(41,42)43)32(46-26)23-11-15-48(16-12-23)34-44-19-24(20-45-34)33(50)47(3)4/h5-8,19-21,23,27,31,49H,9-18H2,1-4H3/t27-,31-/m0/s1. The van der Waals surface area contributed by atoms with Crippen molar-refractivity contribution in [3.63, 3.8) is 0 Å². The molecule has 1 aliphatic heterocycles. The number of alkyl halides is 6. The fraction of sp³-hybridized carbons (Fsp3) is 0.568. The van der Waals surface area contributed by atoms with Gasteiger partial charge in [0.15, 0.2) is 6.17 Å². The summed E-state index contributed by atoms with van der Waals surface area (Å²) < 4.78 is 86.4. The van der Waals surface area contributed by atoms with Gasteiger partial charge in [-0.25, -0.2) is 23.1 Å². The van der Waals surface area contributed by atoms with E-state index >= 15 is 4.39 Å². The number of aromatic nitrogens is 3. The first-order chi connectivity index (χ1) is 23.4. The number of halogens is 6. The van der Waals surface area contributed by atoms with Crippen LogP contribution in [0.5, 0.6) is 0 Å². The maximum absolute atomic E-state index is 17.2. The van der Waals surface area contributed by atoms with E-state index in [0.717, 1.165) is 24.3 Å². The molecule has 2 aliphatic carbocycles. The lowest BCUT2D eigenvalue weighted by Crippen LogP contribution is -2.36. The van der Waals surface area contributed by atoms with Gasteiger partial charge in [0.05, 0.1) is 22.9 Å². The van der Waals surface area contributed by atoms with Gasteiger partial charge in [-0.3, -0.25) is 9.78 Å². The maximum atomic E-state index is 17.2. The van der Waals surface area contributed by atoms with Gasteiger partial charge < -0.3 is 14.9 Å². The van der Waals surface area contributed by atoms with E-state index in [1.165, 1.54) is 17.3 Å². The Balaban J connectivity index is 1.42. The highest BCUT2D eigenvalue weighted by Gasteiger charge is 2.44. The lowest BCUT2D eigenvalue weighted by molar-refractivity contribution is -0.137. The number of carbonyl (C=O) groups excluding carboxylic acids is 1. The Labute approximate surface area is 288 Å². The zero-order chi connectivity index (χ0) is 36.2. The van der Waals surface area contributed by atoms with E-state index in [-0.39, 0.29) is 54.1 Å². The molecule has 3 aliphatic rings. The van der Waals surface area contributed by atoms with Crippen LogP contribution in [0.25, 0.3) is 0 Å². The summed E-state index contributed by atoms with van der Waals surface area (Å²) in [7, 11) is 3.28. The highest BCUT2D eigenvalue weighted by molar-refractivity contribution is 5.93. The van der Waals surface area contributed by atoms with E-state index < -0.39 is 35.9 Å². The second-order valence-corrected chi connectivity index (χ2v) is 15.1. The summed E-state index contributed by atoms with van der Waals surface area (Å²) >= 11 is 0. The van der Waals surface area contributed by atoms with Crippen LogP contribution < -0.4 is 4.90 Å². The number of pyridine rings is 1. The van der Waals surface area contributed by atoms with Crippen LogP contribution in [-0.2, 0) is 12.6 Å². The van der Waals surface area contributed by atoms with Gasteiger partial charge in [0.1, 0.15) is 0 Å². The largest absolute Gasteiger partial charge is 0.416 e. The van der Waals surface area contributed by atoms with Gasteiger partial charge in [-0.05, 0) is 73.1 Å². The van der Waals surface area contributed by atoms with E-state index in [0.29, 0.717) is 72.8 Å². The smallest absolute Gasteiger partial charge is 0.388 e. The summed E-state index contributed by atoms with van der Waals surface area (Å²) in [5.74, 6) is -3.36. The molecule has 1 N–H and O–H groups in total. The number of aliphatic hydroxyl groups is 1. The Hall–Kier alpha value is -3.74. The third kappa shape index (κ3) is 7.34. The van der Waals surface area contributed by atoms with Crippen molar-refractivity contribution in [3.05, 3.63) is 81.4 Å². The van der Waals surface area contributed by atoms with Gasteiger partial charge in [0.2, 0.25) is 11.9 Å². The number of piperidine rings is 1. The second-order valence-electron chi connectivity index (χ2n) is 15.1. The number of hydrogen-bond acceptors (Lipinski definition) is 6. The van der Waals surface area contributed by atoms with Crippen molar-refractivity contribution in [3.8, 4) is 0 Å². The molecule has 0 spiro atoms. The first kappa shape index (κ1) is 36.1. The fourth-order valence-corrected chi connectivity index (χ4v) is 7.92. The van der Waals surface area contributed by atoms with Crippen molar-refractivity contribution < 1.29 is 36.2 Å². The normalized spacial score (nSPS) is 21.8. The molecule has 2 aromatic heterocycles. The molecule has 1 saturated heterocycles. The third-order valence-electron chi connectivity index (χ3n) is 10.5. The van der Waals surface area contributed by atoms with E-state index in [1.807, 2.05) is 18.7 Å². The topological polar surface area (TPSA) is 82.5 Å². The monoisotopic (exact) mass is 703 g/mol. The summed E-state index contributed by atoms with van der Waals surface area (Å²) in [6.45, 7) is 5.01. The predicted molar refractivity (Wildman–Crippen MR) is 176 cm³/mol. The number of nitrogens with zero attached hydrogens (tertiary/aromatic N) is 5. The van der Waals surface area contributed by atoms with E-state index in [9.17, 15) is 31.9 Å². The Morgan fingerprint density at radius 2 is 1.56 bits per heavy atom. The first-order valence-electron chi connectivity index (χ1n) is 17.2. The molecular formula is C37H43F6N5O2. The average Bonchev–Trinajstić information content (AvgIpc) is 3.06. The van der Waals surface area contributed by atoms with Gasteiger partial charge in [-0.15, -0.1) is 0 Å². The lowest BCUT2D eigenvalue weighted by atomic mass is 9.68. The Morgan fingerprint density at radius 3 is 2.12 bits per heavy atom. The summed E-state index contributed by atoms with van der Waals surface area (Å²) in [4.78, 5) is 29.6. The van der Waals surface area contributed by atoms with E-state index in [2.05, 4.69) is 9.97 Å². The molecule has 50 heavy (non-hydrogen) atoms. The third-order valence-corrected chi connectivity index (χ3v) is 10.5. The molecule has 2 atom stereocenters. The molecule has 7 nitrogen and oxygen atoms in total. The number of aliphatic hydroxyl groups excluding tert-OH is 1. The molecule has 1 aromatic carbocycles. The van der Waals surface area contributed by atoms with Crippen LogP contribution in [0.1, 0.15) is 132 Å². The molecule has 13 heteroatoms.